The third kappa shape index (κ3) is 3.00. The molecule has 108 valence electrons. The van der Waals surface area contributed by atoms with Gasteiger partial charge in [0, 0.05) is 31.4 Å². The Labute approximate surface area is 121 Å². The van der Waals surface area contributed by atoms with Crippen LogP contribution in [0.4, 0.5) is 5.82 Å². The number of nitrogens with two attached hydrogens (primary N) is 1. The number of carboxylic acid groups (broad SMARTS) is 1. The van der Waals surface area contributed by atoms with Crippen LogP contribution >= 0.6 is 0 Å². The third-order valence-electron chi connectivity index (χ3n) is 2.98. The smallest absolute Gasteiger partial charge is 0.336 e. The van der Waals surface area contributed by atoms with Crippen molar-refractivity contribution < 1.29 is 14.7 Å². The number of pyridine rings is 1. The highest BCUT2D eigenvalue weighted by Crippen LogP contribution is 2.25. The van der Waals surface area contributed by atoms with Crippen molar-refractivity contribution in [3.8, 4) is 11.1 Å². The summed E-state index contributed by atoms with van der Waals surface area (Å²) >= 11 is 0. The summed E-state index contributed by atoms with van der Waals surface area (Å²) < 4.78 is 0. The Kier molecular flexibility index (Phi) is 3.89. The SMILES string of the molecule is CN(C)C(=O)c1cccc(-c2cnc(N)cc2C(=O)O)c1. The Hall–Kier alpha value is -2.89. The Morgan fingerprint density at radius 1 is 1.24 bits per heavy atom. The average molecular weight is 285 g/mol. The number of anilines is 1. The minimum Gasteiger partial charge on any atom is -0.478 e. The van der Waals surface area contributed by atoms with Gasteiger partial charge in [-0.3, -0.25) is 4.79 Å². The highest BCUT2D eigenvalue weighted by atomic mass is 16.4. The minimum atomic E-state index is -1.09. The van der Waals surface area contributed by atoms with Gasteiger partial charge in [0.1, 0.15) is 5.82 Å². The lowest BCUT2D eigenvalue weighted by molar-refractivity contribution is 0.0697. The second-order valence-corrected chi connectivity index (χ2v) is 4.74. The number of carboxylic acids is 1. The van der Waals surface area contributed by atoms with E-state index < -0.39 is 5.97 Å². The summed E-state index contributed by atoms with van der Waals surface area (Å²) in [5.41, 5.74) is 7.08. The largest absolute Gasteiger partial charge is 0.478 e. The van der Waals surface area contributed by atoms with Crippen LogP contribution in [-0.2, 0) is 0 Å². The maximum Gasteiger partial charge on any atom is 0.336 e. The molecule has 0 saturated carbocycles. The first kappa shape index (κ1) is 14.5. The summed E-state index contributed by atoms with van der Waals surface area (Å²) in [6.07, 6.45) is 1.40. The first-order valence-corrected chi connectivity index (χ1v) is 6.21. The molecule has 0 aliphatic rings. The molecule has 0 spiro atoms. The standard InChI is InChI=1S/C15H15N3O3/c1-18(2)14(19)10-5-3-4-9(6-10)12-8-17-13(16)7-11(12)15(20)21/h3-8H,1-2H3,(H2,16,17)(H,20,21). The number of aromatic carboxylic acids is 1. The number of hydrogen-bond donors (Lipinski definition) is 2. The molecule has 2 rings (SSSR count). The van der Waals surface area contributed by atoms with Crippen LogP contribution in [0.1, 0.15) is 20.7 Å². The van der Waals surface area contributed by atoms with E-state index in [9.17, 15) is 14.7 Å². The molecule has 0 fully saturated rings. The molecule has 6 nitrogen and oxygen atoms in total. The van der Waals surface area contributed by atoms with Crippen LogP contribution in [-0.4, -0.2) is 41.0 Å². The number of benzene rings is 1. The van der Waals surface area contributed by atoms with Crippen LogP contribution in [0.5, 0.6) is 0 Å². The molecule has 0 bridgehead atoms. The predicted molar refractivity (Wildman–Crippen MR) is 79.1 cm³/mol. The fourth-order valence-electron chi connectivity index (χ4n) is 1.96. The topological polar surface area (TPSA) is 96.5 Å². The molecule has 0 aliphatic carbocycles. The second kappa shape index (κ2) is 5.62. The van der Waals surface area contributed by atoms with Gasteiger partial charge in [0.25, 0.3) is 5.91 Å². The van der Waals surface area contributed by atoms with Crippen molar-refractivity contribution >= 4 is 17.7 Å². The molecule has 1 amide bonds. The molecule has 3 N–H and O–H groups in total. The van der Waals surface area contributed by atoms with Crippen molar-refractivity contribution in [1.82, 2.24) is 9.88 Å². The second-order valence-electron chi connectivity index (χ2n) is 4.74. The molecule has 6 heteroatoms. The zero-order chi connectivity index (χ0) is 15.6. The van der Waals surface area contributed by atoms with Crippen LogP contribution in [0.25, 0.3) is 11.1 Å². The lowest BCUT2D eigenvalue weighted by atomic mass is 9.99. The highest BCUT2D eigenvalue weighted by Gasteiger charge is 2.15. The summed E-state index contributed by atoms with van der Waals surface area (Å²) in [6.45, 7) is 0. The van der Waals surface area contributed by atoms with E-state index in [4.69, 9.17) is 5.73 Å². The zero-order valence-corrected chi connectivity index (χ0v) is 11.7. The quantitative estimate of drug-likeness (QED) is 0.895. The van der Waals surface area contributed by atoms with Crippen LogP contribution in [0.2, 0.25) is 0 Å². The number of aromatic nitrogens is 1. The minimum absolute atomic E-state index is 0.0527. The molecule has 0 atom stereocenters. The van der Waals surface area contributed by atoms with E-state index in [1.165, 1.54) is 17.2 Å². The number of carbonyl (C=O) groups excluding carboxylic acids is 1. The van der Waals surface area contributed by atoms with Crippen molar-refractivity contribution in [1.29, 1.82) is 0 Å². The van der Waals surface area contributed by atoms with Gasteiger partial charge in [-0.05, 0) is 23.8 Å². The lowest BCUT2D eigenvalue weighted by Gasteiger charge is -2.12. The molecule has 0 saturated heterocycles. The number of amides is 1. The molecule has 21 heavy (non-hydrogen) atoms. The number of carbonyl (C=O) groups is 2. The summed E-state index contributed by atoms with van der Waals surface area (Å²) in [7, 11) is 3.31. The van der Waals surface area contributed by atoms with E-state index in [2.05, 4.69) is 4.98 Å². The van der Waals surface area contributed by atoms with Crippen molar-refractivity contribution in [2.75, 3.05) is 19.8 Å². The number of hydrogen-bond acceptors (Lipinski definition) is 4. The Morgan fingerprint density at radius 2 is 1.95 bits per heavy atom. The summed E-state index contributed by atoms with van der Waals surface area (Å²) in [6, 6.07) is 8.05. The average Bonchev–Trinajstić information content (AvgIpc) is 2.46. The van der Waals surface area contributed by atoms with E-state index in [0.29, 0.717) is 16.7 Å². The monoisotopic (exact) mass is 285 g/mol. The van der Waals surface area contributed by atoms with Gasteiger partial charge in [0.2, 0.25) is 0 Å². The van der Waals surface area contributed by atoms with Crippen LogP contribution in [0.15, 0.2) is 36.5 Å². The molecule has 0 aliphatic heterocycles. The van der Waals surface area contributed by atoms with Gasteiger partial charge in [-0.25, -0.2) is 9.78 Å². The van der Waals surface area contributed by atoms with Crippen LogP contribution in [0, 0.1) is 0 Å². The van der Waals surface area contributed by atoms with Gasteiger partial charge in [0.05, 0.1) is 5.56 Å². The van der Waals surface area contributed by atoms with Crippen molar-refractivity contribution in [3.63, 3.8) is 0 Å². The van der Waals surface area contributed by atoms with Gasteiger partial charge in [-0.2, -0.15) is 0 Å². The van der Waals surface area contributed by atoms with E-state index >= 15 is 0 Å². The summed E-state index contributed by atoms with van der Waals surface area (Å²) in [4.78, 5) is 28.7. The number of nitrogen functional groups attached to an aromatic ring is 1. The first-order valence-electron chi connectivity index (χ1n) is 6.21. The number of nitrogens with zero attached hydrogens (tertiary/aromatic N) is 2. The third-order valence-corrected chi connectivity index (χ3v) is 2.98. The fourth-order valence-corrected chi connectivity index (χ4v) is 1.96. The van der Waals surface area contributed by atoms with E-state index in [-0.39, 0.29) is 17.3 Å². The summed E-state index contributed by atoms with van der Waals surface area (Å²) in [5, 5.41) is 9.26. The van der Waals surface area contributed by atoms with Crippen LogP contribution < -0.4 is 5.73 Å². The molecule has 2 aromatic rings. The number of rotatable bonds is 3. The van der Waals surface area contributed by atoms with Crippen molar-refractivity contribution in [2.45, 2.75) is 0 Å². The Bertz CT molecular complexity index is 711. The molecule has 1 heterocycles. The maximum absolute atomic E-state index is 12.0. The van der Waals surface area contributed by atoms with Gasteiger partial charge in [-0.1, -0.05) is 12.1 Å². The maximum atomic E-state index is 12.0. The van der Waals surface area contributed by atoms with Gasteiger partial charge in [0.15, 0.2) is 0 Å². The first-order chi connectivity index (χ1) is 9.90. The molecule has 0 radical (unpaired) electrons. The molecule has 1 aromatic carbocycles. The van der Waals surface area contributed by atoms with E-state index in [1.807, 2.05) is 0 Å². The Balaban J connectivity index is 2.55. The zero-order valence-electron chi connectivity index (χ0n) is 11.7. The normalized spacial score (nSPS) is 10.2. The summed E-state index contributed by atoms with van der Waals surface area (Å²) in [5.74, 6) is -1.11. The van der Waals surface area contributed by atoms with E-state index in [0.717, 1.165) is 0 Å². The van der Waals surface area contributed by atoms with E-state index in [1.54, 1.807) is 38.4 Å². The molecule has 0 unspecified atom stereocenters. The lowest BCUT2D eigenvalue weighted by Crippen LogP contribution is -2.21. The molecular weight excluding hydrogens is 270 g/mol. The van der Waals surface area contributed by atoms with Gasteiger partial charge >= 0.3 is 5.97 Å². The Morgan fingerprint density at radius 3 is 2.57 bits per heavy atom. The predicted octanol–water partition coefficient (Wildman–Crippen LogP) is 1.73. The molecular formula is C15H15N3O3. The van der Waals surface area contributed by atoms with Crippen LogP contribution in [0.3, 0.4) is 0 Å². The fraction of sp³-hybridized carbons (Fsp3) is 0.133. The van der Waals surface area contributed by atoms with Gasteiger partial charge < -0.3 is 15.7 Å². The van der Waals surface area contributed by atoms with Crippen molar-refractivity contribution in [3.05, 3.63) is 47.7 Å². The van der Waals surface area contributed by atoms with Gasteiger partial charge in [-0.15, -0.1) is 0 Å². The van der Waals surface area contributed by atoms with Crippen molar-refractivity contribution in [2.24, 2.45) is 0 Å². The highest BCUT2D eigenvalue weighted by molar-refractivity contribution is 5.99. The molecule has 1 aromatic heterocycles.